The maximum absolute atomic E-state index is 14.2. The molecule has 0 fully saturated rings. The minimum Gasteiger partial charge on any atom is -0.479 e. The zero-order valence-corrected chi connectivity index (χ0v) is 12.5. The molecule has 2 heterocycles. The third kappa shape index (κ3) is 3.23. The van der Waals surface area contributed by atoms with Gasteiger partial charge in [-0.3, -0.25) is 0 Å². The van der Waals surface area contributed by atoms with Crippen LogP contribution in [0.15, 0.2) is 35.1 Å². The van der Waals surface area contributed by atoms with Crippen molar-refractivity contribution in [2.75, 3.05) is 7.11 Å². The number of hydrogen-bond acceptors (Lipinski definition) is 6. The molecule has 3 rings (SSSR count). The molecule has 0 saturated heterocycles. The van der Waals surface area contributed by atoms with Crippen LogP contribution in [0.4, 0.5) is 17.6 Å². The van der Waals surface area contributed by atoms with Gasteiger partial charge in [-0.25, -0.2) is 13.2 Å². The Balaban J connectivity index is 2.04. The van der Waals surface area contributed by atoms with E-state index in [9.17, 15) is 17.6 Å². The van der Waals surface area contributed by atoms with Gasteiger partial charge in [0.15, 0.2) is 5.76 Å². The molecule has 3 aromatic rings. The highest BCUT2D eigenvalue weighted by molar-refractivity contribution is 5.67. The van der Waals surface area contributed by atoms with Gasteiger partial charge >= 0.3 is 0 Å². The summed E-state index contributed by atoms with van der Waals surface area (Å²) in [4.78, 5) is 7.15. The second kappa shape index (κ2) is 6.75. The van der Waals surface area contributed by atoms with Gasteiger partial charge in [-0.15, -0.1) is 0 Å². The van der Waals surface area contributed by atoms with Gasteiger partial charge in [0.25, 0.3) is 18.2 Å². The summed E-state index contributed by atoms with van der Waals surface area (Å²) in [7, 11) is 1.20. The molecule has 1 aromatic carbocycles. The molecular formula is C15H9F4N3O3. The summed E-state index contributed by atoms with van der Waals surface area (Å²) in [6, 6.07) is 4.50. The summed E-state index contributed by atoms with van der Waals surface area (Å²) in [5, 5.41) is 3.16. The molecular weight excluding hydrogens is 346 g/mol. The lowest BCUT2D eigenvalue weighted by atomic mass is 10.1. The Kier molecular flexibility index (Phi) is 4.50. The van der Waals surface area contributed by atoms with Crippen molar-refractivity contribution in [2.24, 2.45) is 0 Å². The van der Waals surface area contributed by atoms with E-state index in [0.29, 0.717) is 0 Å². The van der Waals surface area contributed by atoms with E-state index < -0.39 is 29.6 Å². The summed E-state index contributed by atoms with van der Waals surface area (Å²) >= 11 is 0. The third-order valence-corrected chi connectivity index (χ3v) is 3.10. The minimum atomic E-state index is -2.89. The lowest BCUT2D eigenvalue weighted by Crippen LogP contribution is -1.99. The predicted molar refractivity (Wildman–Crippen MR) is 75.5 cm³/mol. The van der Waals surface area contributed by atoms with Crippen molar-refractivity contribution in [3.8, 4) is 28.8 Å². The van der Waals surface area contributed by atoms with Crippen LogP contribution in [0.25, 0.3) is 11.3 Å². The number of hydrogen-bond donors (Lipinski definition) is 0. The summed E-state index contributed by atoms with van der Waals surface area (Å²) in [6.45, 7) is 0. The zero-order valence-electron chi connectivity index (χ0n) is 12.5. The summed E-state index contributed by atoms with van der Waals surface area (Å²) in [5.41, 5.74) is -0.974. The van der Waals surface area contributed by atoms with Gasteiger partial charge in [0.05, 0.1) is 12.7 Å². The minimum absolute atomic E-state index is 0.211. The maximum Gasteiger partial charge on any atom is 0.283 e. The topological polar surface area (TPSA) is 70.3 Å². The fourth-order valence-electron chi connectivity index (χ4n) is 1.99. The van der Waals surface area contributed by atoms with Gasteiger partial charge in [0.1, 0.15) is 23.6 Å². The normalized spacial score (nSPS) is 11.0. The number of aromatic nitrogens is 3. The first-order valence-corrected chi connectivity index (χ1v) is 6.77. The van der Waals surface area contributed by atoms with E-state index in [2.05, 4.69) is 15.1 Å². The average Bonchev–Trinajstić information content (AvgIpc) is 3.07. The van der Waals surface area contributed by atoms with Gasteiger partial charge < -0.3 is 14.0 Å². The van der Waals surface area contributed by atoms with E-state index in [1.165, 1.54) is 19.2 Å². The van der Waals surface area contributed by atoms with E-state index in [-0.39, 0.29) is 23.0 Å². The van der Waals surface area contributed by atoms with E-state index in [1.807, 2.05) is 0 Å². The van der Waals surface area contributed by atoms with Gasteiger partial charge in [-0.05, 0) is 12.1 Å². The Labute approximate surface area is 138 Å². The standard InChI is InChI=1S/C15H9F4N3O3/c1-23-14-12(17)15(21-6-20-14)24-9-4-2-3-7(16)11(9)10-5-8(13(18)19)22-25-10/h2-6,13H,1H3. The molecule has 130 valence electrons. The number of ether oxygens (including phenoxy) is 2. The highest BCUT2D eigenvalue weighted by atomic mass is 19.3. The largest absolute Gasteiger partial charge is 0.479 e. The third-order valence-electron chi connectivity index (χ3n) is 3.10. The second-order valence-electron chi connectivity index (χ2n) is 4.63. The fourth-order valence-corrected chi connectivity index (χ4v) is 1.99. The molecule has 0 radical (unpaired) electrons. The predicted octanol–water partition coefficient (Wildman–Crippen LogP) is 4.15. The fraction of sp³-hybridized carbons (Fsp3) is 0.133. The molecule has 0 atom stereocenters. The Bertz CT molecular complexity index is 901. The van der Waals surface area contributed by atoms with Crippen LogP contribution >= 0.6 is 0 Å². The summed E-state index contributed by atoms with van der Waals surface area (Å²) in [6.07, 6.45) is -1.91. The molecule has 25 heavy (non-hydrogen) atoms. The summed E-state index contributed by atoms with van der Waals surface area (Å²) in [5.74, 6) is -3.27. The molecule has 2 aromatic heterocycles. The molecule has 0 aliphatic carbocycles. The first-order chi connectivity index (χ1) is 12.0. The molecule has 0 bridgehead atoms. The molecule has 0 aliphatic rings. The number of methoxy groups -OCH3 is 1. The highest BCUT2D eigenvalue weighted by Gasteiger charge is 2.22. The number of halogens is 4. The SMILES string of the molecule is COc1ncnc(Oc2cccc(F)c2-c2cc(C(F)F)no2)c1F. The van der Waals surface area contributed by atoms with Crippen molar-refractivity contribution in [1.29, 1.82) is 0 Å². The molecule has 0 N–H and O–H groups in total. The van der Waals surface area contributed by atoms with E-state index >= 15 is 0 Å². The highest BCUT2D eigenvalue weighted by Crippen LogP contribution is 2.37. The van der Waals surface area contributed by atoms with Crippen LogP contribution in [0.5, 0.6) is 17.5 Å². The Morgan fingerprint density at radius 2 is 1.88 bits per heavy atom. The lowest BCUT2D eigenvalue weighted by molar-refractivity contribution is 0.140. The quantitative estimate of drug-likeness (QED) is 0.641. The molecule has 0 saturated carbocycles. The van der Waals surface area contributed by atoms with E-state index in [4.69, 9.17) is 14.0 Å². The maximum atomic E-state index is 14.2. The number of benzene rings is 1. The van der Waals surface area contributed by atoms with Crippen molar-refractivity contribution in [2.45, 2.75) is 6.43 Å². The van der Waals surface area contributed by atoms with Gasteiger partial charge in [0.2, 0.25) is 5.82 Å². The van der Waals surface area contributed by atoms with Crippen LogP contribution in [0.2, 0.25) is 0 Å². The zero-order chi connectivity index (χ0) is 18.0. The van der Waals surface area contributed by atoms with Crippen LogP contribution in [0, 0.1) is 11.6 Å². The van der Waals surface area contributed by atoms with Crippen molar-refractivity contribution < 1.29 is 31.6 Å². The molecule has 0 amide bonds. The molecule has 6 nitrogen and oxygen atoms in total. The Morgan fingerprint density at radius 1 is 1.12 bits per heavy atom. The smallest absolute Gasteiger partial charge is 0.283 e. The van der Waals surface area contributed by atoms with Crippen LogP contribution < -0.4 is 9.47 Å². The van der Waals surface area contributed by atoms with Crippen LogP contribution in [0.1, 0.15) is 12.1 Å². The Morgan fingerprint density at radius 3 is 2.56 bits per heavy atom. The molecule has 10 heteroatoms. The van der Waals surface area contributed by atoms with Crippen LogP contribution in [-0.2, 0) is 0 Å². The molecule has 0 aliphatic heterocycles. The number of rotatable bonds is 5. The van der Waals surface area contributed by atoms with Crippen LogP contribution in [0.3, 0.4) is 0 Å². The van der Waals surface area contributed by atoms with Gasteiger partial charge in [-0.1, -0.05) is 11.2 Å². The molecule has 0 unspecified atom stereocenters. The lowest BCUT2D eigenvalue weighted by Gasteiger charge is -2.10. The summed E-state index contributed by atoms with van der Waals surface area (Å²) < 4.78 is 68.3. The second-order valence-corrected chi connectivity index (χ2v) is 4.63. The monoisotopic (exact) mass is 355 g/mol. The number of alkyl halides is 2. The van der Waals surface area contributed by atoms with E-state index in [1.54, 1.807) is 0 Å². The van der Waals surface area contributed by atoms with Crippen molar-refractivity contribution in [1.82, 2.24) is 15.1 Å². The molecule has 0 spiro atoms. The Hall–Kier alpha value is -3.17. The van der Waals surface area contributed by atoms with E-state index in [0.717, 1.165) is 18.5 Å². The van der Waals surface area contributed by atoms with Crippen molar-refractivity contribution >= 4 is 0 Å². The number of nitrogens with zero attached hydrogens (tertiary/aromatic N) is 3. The van der Waals surface area contributed by atoms with Gasteiger partial charge in [0, 0.05) is 6.07 Å². The first-order valence-electron chi connectivity index (χ1n) is 6.77. The van der Waals surface area contributed by atoms with Gasteiger partial charge in [-0.2, -0.15) is 14.4 Å². The van der Waals surface area contributed by atoms with Crippen molar-refractivity contribution in [3.05, 3.63) is 47.9 Å². The average molecular weight is 355 g/mol. The van der Waals surface area contributed by atoms with Crippen molar-refractivity contribution in [3.63, 3.8) is 0 Å². The van der Waals surface area contributed by atoms with Crippen LogP contribution in [-0.4, -0.2) is 22.2 Å². The first kappa shape index (κ1) is 16.7.